The quantitative estimate of drug-likeness (QED) is 0.590. The van der Waals surface area contributed by atoms with E-state index in [0.717, 1.165) is 22.8 Å². The van der Waals surface area contributed by atoms with E-state index < -0.39 is 11.6 Å². The van der Waals surface area contributed by atoms with E-state index >= 15 is 0 Å². The van der Waals surface area contributed by atoms with E-state index in [-0.39, 0.29) is 0 Å². The largest absolute Gasteiger partial charge is 0.207 e. The molecule has 0 radical (unpaired) electrons. The second kappa shape index (κ2) is 5.25. The van der Waals surface area contributed by atoms with Crippen LogP contribution in [-0.2, 0) is 0 Å². The first kappa shape index (κ1) is 12.5. The molecule has 0 aliphatic rings. The van der Waals surface area contributed by atoms with E-state index in [4.69, 9.17) is 0 Å². The van der Waals surface area contributed by atoms with Gasteiger partial charge in [0, 0.05) is 11.6 Å². The fraction of sp³-hybridized carbons (Fsp3) is 0. The molecule has 0 fully saturated rings. The maximum absolute atomic E-state index is 13.7. The Bertz CT molecular complexity index is 716. The molecule has 0 unspecified atom stereocenters. The van der Waals surface area contributed by atoms with Crippen LogP contribution in [0.25, 0.3) is 22.3 Å². The maximum atomic E-state index is 13.7. The number of hydrogen-bond acceptors (Lipinski definition) is 0. The fourth-order valence-corrected chi connectivity index (χ4v) is 2.20. The molecule has 0 aliphatic carbocycles. The van der Waals surface area contributed by atoms with Gasteiger partial charge in [-0.3, -0.25) is 0 Å². The molecule has 0 heterocycles. The van der Waals surface area contributed by atoms with Crippen molar-refractivity contribution < 1.29 is 8.78 Å². The molecule has 0 bridgehead atoms. The number of hydrogen-bond donors (Lipinski definition) is 0. The predicted molar refractivity (Wildman–Crippen MR) is 77.2 cm³/mol. The highest BCUT2D eigenvalue weighted by molar-refractivity contribution is 5.70. The van der Waals surface area contributed by atoms with E-state index in [0.29, 0.717) is 5.56 Å². The first-order valence-electron chi connectivity index (χ1n) is 6.35. The minimum Gasteiger partial charge on any atom is -0.207 e. The van der Waals surface area contributed by atoms with Crippen molar-refractivity contribution in [2.24, 2.45) is 0 Å². The summed E-state index contributed by atoms with van der Waals surface area (Å²) in [4.78, 5) is 0. The molecule has 3 rings (SSSR count). The molecule has 0 N–H and O–H groups in total. The van der Waals surface area contributed by atoms with Crippen molar-refractivity contribution in [3.63, 3.8) is 0 Å². The lowest BCUT2D eigenvalue weighted by atomic mass is 10.00. The van der Waals surface area contributed by atoms with Crippen molar-refractivity contribution in [3.05, 3.63) is 84.4 Å². The van der Waals surface area contributed by atoms with E-state index in [2.05, 4.69) is 0 Å². The van der Waals surface area contributed by atoms with E-state index in [1.54, 1.807) is 0 Å². The summed E-state index contributed by atoms with van der Waals surface area (Å²) in [5.41, 5.74) is 3.32. The molecule has 3 aromatic rings. The smallest absolute Gasteiger partial charge is 0.133 e. The second-order valence-electron chi connectivity index (χ2n) is 4.57. The summed E-state index contributed by atoms with van der Waals surface area (Å²) in [5.74, 6) is -1.11. The normalized spacial score (nSPS) is 10.5. The van der Waals surface area contributed by atoms with Crippen molar-refractivity contribution in [1.82, 2.24) is 0 Å². The van der Waals surface area contributed by atoms with Gasteiger partial charge in [-0.25, -0.2) is 8.78 Å². The van der Waals surface area contributed by atoms with Crippen LogP contribution in [0.2, 0.25) is 0 Å². The zero-order valence-corrected chi connectivity index (χ0v) is 10.7. The average Bonchev–Trinajstić information content (AvgIpc) is 2.48. The van der Waals surface area contributed by atoms with Crippen LogP contribution in [0.15, 0.2) is 72.8 Å². The summed E-state index contributed by atoms with van der Waals surface area (Å²) in [6.07, 6.45) is 0. The topological polar surface area (TPSA) is 0 Å². The molecule has 0 saturated heterocycles. The fourth-order valence-electron chi connectivity index (χ4n) is 2.20. The van der Waals surface area contributed by atoms with E-state index in [9.17, 15) is 8.78 Å². The molecule has 20 heavy (non-hydrogen) atoms. The summed E-state index contributed by atoms with van der Waals surface area (Å²) < 4.78 is 26.6. The van der Waals surface area contributed by atoms with Gasteiger partial charge in [-0.05, 0) is 28.8 Å². The van der Waals surface area contributed by atoms with Crippen LogP contribution < -0.4 is 0 Å². The van der Waals surface area contributed by atoms with Gasteiger partial charge in [0.25, 0.3) is 0 Å². The van der Waals surface area contributed by atoms with Crippen LogP contribution in [0.5, 0.6) is 0 Å². The van der Waals surface area contributed by atoms with Crippen molar-refractivity contribution in [2.45, 2.75) is 0 Å². The number of halogens is 2. The number of benzene rings is 3. The molecule has 0 saturated carbocycles. The molecule has 0 atom stereocenters. The summed E-state index contributed by atoms with van der Waals surface area (Å²) in [5, 5.41) is 0. The Hall–Kier alpha value is -2.48. The third kappa shape index (κ3) is 2.45. The molecular formula is C18H12F2. The first-order valence-corrected chi connectivity index (χ1v) is 6.35. The van der Waals surface area contributed by atoms with Crippen LogP contribution in [0.4, 0.5) is 8.78 Å². The van der Waals surface area contributed by atoms with Gasteiger partial charge in [0.15, 0.2) is 0 Å². The van der Waals surface area contributed by atoms with Gasteiger partial charge >= 0.3 is 0 Å². The third-order valence-corrected chi connectivity index (χ3v) is 3.23. The Morgan fingerprint density at radius 2 is 1.15 bits per heavy atom. The molecular weight excluding hydrogens is 254 g/mol. The van der Waals surface area contributed by atoms with Crippen molar-refractivity contribution in [3.8, 4) is 22.3 Å². The molecule has 2 heteroatoms. The lowest BCUT2D eigenvalue weighted by molar-refractivity contribution is 0.585. The summed E-state index contributed by atoms with van der Waals surface area (Å²) >= 11 is 0. The Labute approximate surface area is 116 Å². The first-order chi connectivity index (χ1) is 9.74. The standard InChI is InChI=1S/C18H12F2/c19-16-10-11-17(18(20)12-16)15-8-6-14(7-9-15)13-4-2-1-3-5-13/h1-12H. The minimum absolute atomic E-state index is 0.408. The van der Waals surface area contributed by atoms with Crippen LogP contribution in [-0.4, -0.2) is 0 Å². The summed E-state index contributed by atoms with van der Waals surface area (Å²) in [6.45, 7) is 0. The highest BCUT2D eigenvalue weighted by Gasteiger charge is 2.06. The molecule has 98 valence electrons. The summed E-state index contributed by atoms with van der Waals surface area (Å²) in [6, 6.07) is 21.2. The highest BCUT2D eigenvalue weighted by Crippen LogP contribution is 2.26. The van der Waals surface area contributed by atoms with Crippen LogP contribution in [0, 0.1) is 11.6 Å². The van der Waals surface area contributed by atoms with Crippen molar-refractivity contribution in [2.75, 3.05) is 0 Å². The Balaban J connectivity index is 1.97. The van der Waals surface area contributed by atoms with Gasteiger partial charge in [0.1, 0.15) is 11.6 Å². The van der Waals surface area contributed by atoms with Gasteiger partial charge < -0.3 is 0 Å². The average molecular weight is 266 g/mol. The molecule has 0 amide bonds. The molecule has 0 aromatic heterocycles. The SMILES string of the molecule is Fc1ccc(-c2ccc(-c3ccccc3)cc2)c(F)c1. The van der Waals surface area contributed by atoms with Gasteiger partial charge in [0.05, 0.1) is 0 Å². The number of rotatable bonds is 2. The predicted octanol–water partition coefficient (Wildman–Crippen LogP) is 5.30. The van der Waals surface area contributed by atoms with Crippen molar-refractivity contribution >= 4 is 0 Å². The summed E-state index contributed by atoms with van der Waals surface area (Å²) in [7, 11) is 0. The monoisotopic (exact) mass is 266 g/mol. The Kier molecular flexibility index (Phi) is 3.30. The van der Waals surface area contributed by atoms with E-state index in [1.165, 1.54) is 12.1 Å². The van der Waals surface area contributed by atoms with Gasteiger partial charge in [0.2, 0.25) is 0 Å². The Morgan fingerprint density at radius 1 is 0.550 bits per heavy atom. The van der Waals surface area contributed by atoms with Gasteiger partial charge in [-0.2, -0.15) is 0 Å². The second-order valence-corrected chi connectivity index (χ2v) is 4.57. The van der Waals surface area contributed by atoms with E-state index in [1.807, 2.05) is 54.6 Å². The highest BCUT2D eigenvalue weighted by atomic mass is 19.1. The van der Waals surface area contributed by atoms with Crippen LogP contribution in [0.3, 0.4) is 0 Å². The molecule has 0 spiro atoms. The zero-order chi connectivity index (χ0) is 13.9. The van der Waals surface area contributed by atoms with Crippen LogP contribution >= 0.6 is 0 Å². The molecule has 3 aromatic carbocycles. The maximum Gasteiger partial charge on any atom is 0.133 e. The lowest BCUT2D eigenvalue weighted by Crippen LogP contribution is -1.86. The lowest BCUT2D eigenvalue weighted by Gasteiger charge is -2.06. The third-order valence-electron chi connectivity index (χ3n) is 3.23. The minimum atomic E-state index is -0.563. The van der Waals surface area contributed by atoms with Gasteiger partial charge in [-0.1, -0.05) is 54.6 Å². The zero-order valence-electron chi connectivity index (χ0n) is 10.7. The van der Waals surface area contributed by atoms with Gasteiger partial charge in [-0.15, -0.1) is 0 Å². The molecule has 0 aliphatic heterocycles. The molecule has 0 nitrogen and oxygen atoms in total. The van der Waals surface area contributed by atoms with Crippen molar-refractivity contribution in [1.29, 1.82) is 0 Å². The Morgan fingerprint density at radius 3 is 1.80 bits per heavy atom. The van der Waals surface area contributed by atoms with Crippen LogP contribution in [0.1, 0.15) is 0 Å².